The number of carbonyl (C=O) groups excluding carboxylic acids is 1. The van der Waals surface area contributed by atoms with E-state index >= 15 is 0 Å². The van der Waals surface area contributed by atoms with Crippen molar-refractivity contribution < 1.29 is 19.4 Å². The standard InChI is InChI=1S/C17H15NO4/c19-14-7-8-18(13-4-2-1-3-12(13)14)17(20)11-5-6-15-16(9-11)22-10-21-15/h1-6,9,14,19H,7-8,10H2. The molecule has 22 heavy (non-hydrogen) atoms. The van der Waals surface area contributed by atoms with Gasteiger partial charge in [0.2, 0.25) is 6.79 Å². The van der Waals surface area contributed by atoms with Crippen LogP contribution < -0.4 is 14.4 Å². The third-order valence-electron chi connectivity index (χ3n) is 4.08. The first-order valence-electron chi connectivity index (χ1n) is 7.22. The lowest BCUT2D eigenvalue weighted by Gasteiger charge is -2.32. The minimum absolute atomic E-state index is 0.0994. The molecule has 5 heteroatoms. The fourth-order valence-corrected chi connectivity index (χ4v) is 2.94. The van der Waals surface area contributed by atoms with Gasteiger partial charge in [0.1, 0.15) is 0 Å². The predicted molar refractivity (Wildman–Crippen MR) is 80.3 cm³/mol. The Morgan fingerprint density at radius 1 is 1.14 bits per heavy atom. The van der Waals surface area contributed by atoms with Crippen molar-refractivity contribution in [2.24, 2.45) is 0 Å². The van der Waals surface area contributed by atoms with Gasteiger partial charge in [-0.05, 0) is 30.7 Å². The average Bonchev–Trinajstić information content (AvgIpc) is 3.02. The lowest BCUT2D eigenvalue weighted by atomic mass is 9.98. The molecule has 1 amide bonds. The molecule has 4 rings (SSSR count). The zero-order valence-electron chi connectivity index (χ0n) is 11.9. The molecule has 2 aliphatic heterocycles. The quantitative estimate of drug-likeness (QED) is 0.878. The van der Waals surface area contributed by atoms with Gasteiger partial charge in [-0.1, -0.05) is 18.2 Å². The molecule has 1 atom stereocenters. The molecule has 0 saturated carbocycles. The predicted octanol–water partition coefficient (Wildman–Crippen LogP) is 2.50. The summed E-state index contributed by atoms with van der Waals surface area (Å²) >= 11 is 0. The molecule has 112 valence electrons. The summed E-state index contributed by atoms with van der Waals surface area (Å²) in [5.74, 6) is 1.15. The highest BCUT2D eigenvalue weighted by atomic mass is 16.7. The van der Waals surface area contributed by atoms with Gasteiger partial charge in [-0.15, -0.1) is 0 Å². The van der Waals surface area contributed by atoms with Crippen molar-refractivity contribution in [3.8, 4) is 11.5 Å². The van der Waals surface area contributed by atoms with E-state index in [-0.39, 0.29) is 12.7 Å². The van der Waals surface area contributed by atoms with Crippen LogP contribution in [-0.4, -0.2) is 24.4 Å². The second kappa shape index (κ2) is 5.03. The van der Waals surface area contributed by atoms with E-state index in [2.05, 4.69) is 0 Å². The highest BCUT2D eigenvalue weighted by Crippen LogP contribution is 2.36. The fraction of sp³-hybridized carbons (Fsp3) is 0.235. The summed E-state index contributed by atoms with van der Waals surface area (Å²) in [5, 5.41) is 10.1. The van der Waals surface area contributed by atoms with E-state index in [1.54, 1.807) is 23.1 Å². The van der Waals surface area contributed by atoms with E-state index in [4.69, 9.17) is 9.47 Å². The number of amides is 1. The molecule has 0 aromatic heterocycles. The number of fused-ring (bicyclic) bond motifs is 2. The van der Waals surface area contributed by atoms with Crippen molar-refractivity contribution in [2.45, 2.75) is 12.5 Å². The summed E-state index contributed by atoms with van der Waals surface area (Å²) < 4.78 is 10.6. The second-order valence-corrected chi connectivity index (χ2v) is 5.39. The van der Waals surface area contributed by atoms with E-state index in [9.17, 15) is 9.90 Å². The molecule has 2 aromatic carbocycles. The summed E-state index contributed by atoms with van der Waals surface area (Å²) in [6.45, 7) is 0.678. The van der Waals surface area contributed by atoms with Gasteiger partial charge in [-0.2, -0.15) is 0 Å². The Kier molecular flexibility index (Phi) is 3.01. The van der Waals surface area contributed by atoms with E-state index < -0.39 is 6.10 Å². The van der Waals surface area contributed by atoms with Gasteiger partial charge >= 0.3 is 0 Å². The first kappa shape index (κ1) is 13.2. The highest BCUT2D eigenvalue weighted by molar-refractivity contribution is 6.07. The number of hydrogen-bond acceptors (Lipinski definition) is 4. The molecule has 1 unspecified atom stereocenters. The van der Waals surface area contributed by atoms with Crippen LogP contribution in [0.25, 0.3) is 0 Å². The van der Waals surface area contributed by atoms with Gasteiger partial charge in [-0.25, -0.2) is 0 Å². The SMILES string of the molecule is O=C(c1ccc2c(c1)OCO2)N1CCC(O)c2ccccc21. The Labute approximate surface area is 127 Å². The van der Waals surface area contributed by atoms with Gasteiger partial charge in [0.15, 0.2) is 11.5 Å². The van der Waals surface area contributed by atoms with Crippen LogP contribution in [0.5, 0.6) is 11.5 Å². The van der Waals surface area contributed by atoms with Crippen LogP contribution in [0.2, 0.25) is 0 Å². The molecular weight excluding hydrogens is 282 g/mol. The first-order chi connectivity index (χ1) is 10.7. The molecule has 2 aromatic rings. The maximum Gasteiger partial charge on any atom is 0.258 e. The molecular formula is C17H15NO4. The Bertz CT molecular complexity index is 743. The number of rotatable bonds is 1. The number of aliphatic hydroxyl groups is 1. The molecule has 0 bridgehead atoms. The zero-order chi connectivity index (χ0) is 15.1. The lowest BCUT2D eigenvalue weighted by Crippen LogP contribution is -2.36. The van der Waals surface area contributed by atoms with Crippen molar-refractivity contribution in [1.82, 2.24) is 0 Å². The number of benzene rings is 2. The summed E-state index contributed by atoms with van der Waals surface area (Å²) in [7, 11) is 0. The van der Waals surface area contributed by atoms with Crippen LogP contribution in [-0.2, 0) is 0 Å². The summed E-state index contributed by atoms with van der Waals surface area (Å²) in [4.78, 5) is 14.5. The largest absolute Gasteiger partial charge is 0.454 e. The Balaban J connectivity index is 1.70. The van der Waals surface area contributed by atoms with Crippen LogP contribution in [0.1, 0.15) is 28.4 Å². The molecule has 1 N–H and O–H groups in total. The number of aliphatic hydroxyl groups excluding tert-OH is 1. The molecule has 0 spiro atoms. The Hall–Kier alpha value is -2.53. The minimum Gasteiger partial charge on any atom is -0.454 e. The zero-order valence-corrected chi connectivity index (χ0v) is 11.9. The van der Waals surface area contributed by atoms with Crippen LogP contribution >= 0.6 is 0 Å². The Morgan fingerprint density at radius 3 is 2.86 bits per heavy atom. The summed E-state index contributed by atoms with van der Waals surface area (Å²) in [6, 6.07) is 12.7. The van der Waals surface area contributed by atoms with Crippen LogP contribution in [0, 0.1) is 0 Å². The van der Waals surface area contributed by atoms with Crippen LogP contribution in [0.15, 0.2) is 42.5 Å². The maximum absolute atomic E-state index is 12.8. The molecule has 0 saturated heterocycles. The van der Waals surface area contributed by atoms with Gasteiger partial charge in [0.25, 0.3) is 5.91 Å². The maximum atomic E-state index is 12.8. The number of anilines is 1. The van der Waals surface area contributed by atoms with E-state index in [1.165, 1.54) is 0 Å². The van der Waals surface area contributed by atoms with Crippen LogP contribution in [0.4, 0.5) is 5.69 Å². The van der Waals surface area contributed by atoms with Crippen molar-refractivity contribution in [3.63, 3.8) is 0 Å². The smallest absolute Gasteiger partial charge is 0.258 e. The average molecular weight is 297 g/mol. The monoisotopic (exact) mass is 297 g/mol. The lowest BCUT2D eigenvalue weighted by molar-refractivity contribution is 0.0970. The van der Waals surface area contributed by atoms with Crippen molar-refractivity contribution in [1.29, 1.82) is 0 Å². The third-order valence-corrected chi connectivity index (χ3v) is 4.08. The minimum atomic E-state index is -0.517. The number of hydrogen-bond donors (Lipinski definition) is 1. The van der Waals surface area contributed by atoms with Crippen molar-refractivity contribution >= 4 is 11.6 Å². The first-order valence-corrected chi connectivity index (χ1v) is 7.22. The number of para-hydroxylation sites is 1. The molecule has 2 heterocycles. The van der Waals surface area contributed by atoms with Gasteiger partial charge < -0.3 is 19.5 Å². The Morgan fingerprint density at radius 2 is 1.95 bits per heavy atom. The van der Waals surface area contributed by atoms with E-state index in [0.717, 1.165) is 11.3 Å². The van der Waals surface area contributed by atoms with Gasteiger partial charge in [-0.3, -0.25) is 4.79 Å². The number of ether oxygens (including phenoxy) is 2. The fourth-order valence-electron chi connectivity index (χ4n) is 2.94. The number of carbonyl (C=O) groups is 1. The second-order valence-electron chi connectivity index (χ2n) is 5.39. The third kappa shape index (κ3) is 2.02. The highest BCUT2D eigenvalue weighted by Gasteiger charge is 2.28. The van der Waals surface area contributed by atoms with E-state index in [0.29, 0.717) is 30.0 Å². The normalized spacial score (nSPS) is 19.0. The topological polar surface area (TPSA) is 59.0 Å². The van der Waals surface area contributed by atoms with Gasteiger partial charge in [0.05, 0.1) is 6.10 Å². The summed E-state index contributed by atoms with van der Waals surface area (Å²) in [5.41, 5.74) is 2.11. The van der Waals surface area contributed by atoms with E-state index in [1.807, 2.05) is 24.3 Å². The summed E-state index contributed by atoms with van der Waals surface area (Å²) in [6.07, 6.45) is 0.0184. The molecule has 0 aliphatic carbocycles. The molecule has 5 nitrogen and oxygen atoms in total. The number of nitrogens with zero attached hydrogens (tertiary/aromatic N) is 1. The molecule has 0 fully saturated rings. The van der Waals surface area contributed by atoms with Crippen molar-refractivity contribution in [3.05, 3.63) is 53.6 Å². The van der Waals surface area contributed by atoms with Gasteiger partial charge in [0, 0.05) is 23.4 Å². The molecule has 0 radical (unpaired) electrons. The molecule has 2 aliphatic rings. The van der Waals surface area contributed by atoms with Crippen molar-refractivity contribution in [2.75, 3.05) is 18.2 Å². The van der Waals surface area contributed by atoms with Crippen LogP contribution in [0.3, 0.4) is 0 Å².